The normalized spacial score (nSPS) is 10.9. The lowest BCUT2D eigenvalue weighted by Crippen LogP contribution is -2.18. The number of pyridine rings is 1. The van der Waals surface area contributed by atoms with E-state index in [9.17, 15) is 0 Å². The minimum absolute atomic E-state index is 0.496. The average Bonchev–Trinajstić information content (AvgIpc) is 2.41. The lowest BCUT2D eigenvalue weighted by atomic mass is 10.1. The van der Waals surface area contributed by atoms with Crippen molar-refractivity contribution < 1.29 is 0 Å². The second kappa shape index (κ2) is 6.45. The molecule has 100 valence electrons. The molecule has 0 fully saturated rings. The lowest BCUT2D eigenvalue weighted by molar-refractivity contribution is 0.315. The molecule has 2 aromatic rings. The zero-order valence-corrected chi connectivity index (χ0v) is 11.6. The van der Waals surface area contributed by atoms with Crippen molar-refractivity contribution in [1.82, 2.24) is 9.88 Å². The van der Waals surface area contributed by atoms with Crippen molar-refractivity contribution in [3.63, 3.8) is 0 Å². The summed E-state index contributed by atoms with van der Waals surface area (Å²) in [4.78, 5) is 6.78. The maximum Gasteiger partial charge on any atom is 0.0547 e. The molecule has 3 nitrogen and oxygen atoms in total. The minimum Gasteiger partial charge on any atom is -0.325 e. The molecule has 2 rings (SSSR count). The Kier molecular flexibility index (Phi) is 4.66. The van der Waals surface area contributed by atoms with Crippen LogP contribution in [-0.2, 0) is 19.6 Å². The Morgan fingerprint density at radius 2 is 1.68 bits per heavy atom. The number of benzene rings is 1. The van der Waals surface area contributed by atoms with Crippen LogP contribution in [0.3, 0.4) is 0 Å². The number of aryl methyl sites for hydroxylation is 1. The van der Waals surface area contributed by atoms with Gasteiger partial charge in [0.05, 0.1) is 11.4 Å². The molecular weight excluding hydrogens is 234 g/mol. The summed E-state index contributed by atoms with van der Waals surface area (Å²) in [5.41, 5.74) is 10.2. The van der Waals surface area contributed by atoms with Crippen LogP contribution in [0.1, 0.15) is 22.5 Å². The third-order valence-electron chi connectivity index (χ3n) is 3.08. The number of hydrogen-bond donors (Lipinski definition) is 1. The van der Waals surface area contributed by atoms with Crippen molar-refractivity contribution in [3.05, 3.63) is 65.0 Å². The molecule has 2 N–H and O–H groups in total. The fourth-order valence-electron chi connectivity index (χ4n) is 2.07. The van der Waals surface area contributed by atoms with Gasteiger partial charge >= 0.3 is 0 Å². The van der Waals surface area contributed by atoms with Crippen LogP contribution in [0.4, 0.5) is 0 Å². The molecular formula is C16H21N3. The zero-order chi connectivity index (χ0) is 13.7. The van der Waals surface area contributed by atoms with Gasteiger partial charge < -0.3 is 5.73 Å². The van der Waals surface area contributed by atoms with E-state index in [0.717, 1.165) is 24.5 Å². The molecule has 19 heavy (non-hydrogen) atoms. The fourth-order valence-corrected chi connectivity index (χ4v) is 2.07. The number of hydrogen-bond acceptors (Lipinski definition) is 3. The maximum absolute atomic E-state index is 5.61. The third kappa shape index (κ3) is 4.16. The Morgan fingerprint density at radius 3 is 2.37 bits per heavy atom. The van der Waals surface area contributed by atoms with Gasteiger partial charge in [0.15, 0.2) is 0 Å². The Bertz CT molecular complexity index is 520. The molecule has 1 aromatic carbocycles. The minimum atomic E-state index is 0.496. The van der Waals surface area contributed by atoms with E-state index in [-0.39, 0.29) is 0 Å². The summed E-state index contributed by atoms with van der Waals surface area (Å²) >= 11 is 0. The van der Waals surface area contributed by atoms with Gasteiger partial charge in [0.25, 0.3) is 0 Å². The molecule has 0 aliphatic rings. The highest BCUT2D eigenvalue weighted by Crippen LogP contribution is 2.08. The summed E-state index contributed by atoms with van der Waals surface area (Å²) in [6, 6.07) is 14.7. The van der Waals surface area contributed by atoms with Gasteiger partial charge in [-0.05, 0) is 31.7 Å². The zero-order valence-electron chi connectivity index (χ0n) is 11.6. The first-order valence-corrected chi connectivity index (χ1v) is 6.56. The van der Waals surface area contributed by atoms with Crippen molar-refractivity contribution >= 4 is 0 Å². The topological polar surface area (TPSA) is 42.1 Å². The number of aromatic nitrogens is 1. The molecule has 0 unspecified atom stereocenters. The highest BCUT2D eigenvalue weighted by Gasteiger charge is 2.03. The van der Waals surface area contributed by atoms with Crippen LogP contribution in [-0.4, -0.2) is 16.9 Å². The van der Waals surface area contributed by atoms with Crippen LogP contribution in [0.5, 0.6) is 0 Å². The third-order valence-corrected chi connectivity index (χ3v) is 3.08. The monoisotopic (exact) mass is 255 g/mol. The average molecular weight is 255 g/mol. The smallest absolute Gasteiger partial charge is 0.0547 e. The highest BCUT2D eigenvalue weighted by molar-refractivity contribution is 5.21. The fraction of sp³-hybridized carbons (Fsp3) is 0.312. The summed E-state index contributed by atoms with van der Waals surface area (Å²) in [6.07, 6.45) is 0. The second-order valence-electron chi connectivity index (χ2n) is 4.98. The van der Waals surface area contributed by atoms with E-state index in [0.29, 0.717) is 6.54 Å². The van der Waals surface area contributed by atoms with Crippen molar-refractivity contribution in [2.24, 2.45) is 5.73 Å². The molecule has 0 spiro atoms. The van der Waals surface area contributed by atoms with Gasteiger partial charge in [0.1, 0.15) is 0 Å². The lowest BCUT2D eigenvalue weighted by Gasteiger charge is -2.16. The van der Waals surface area contributed by atoms with E-state index in [1.54, 1.807) is 0 Å². The standard InChI is InChI=1S/C16H21N3/c1-13-6-8-14(9-7-13)11-19(2)12-16-5-3-4-15(10-17)18-16/h3-9H,10-12,17H2,1-2H3. The van der Waals surface area contributed by atoms with Crippen molar-refractivity contribution in [1.29, 1.82) is 0 Å². The first kappa shape index (κ1) is 13.7. The van der Waals surface area contributed by atoms with Gasteiger partial charge in [0, 0.05) is 19.6 Å². The maximum atomic E-state index is 5.61. The van der Waals surface area contributed by atoms with E-state index in [1.165, 1.54) is 11.1 Å². The van der Waals surface area contributed by atoms with E-state index < -0.39 is 0 Å². The van der Waals surface area contributed by atoms with E-state index in [4.69, 9.17) is 5.73 Å². The molecule has 3 heteroatoms. The molecule has 0 saturated carbocycles. The van der Waals surface area contributed by atoms with E-state index in [2.05, 4.69) is 48.1 Å². The van der Waals surface area contributed by atoms with Gasteiger partial charge in [-0.2, -0.15) is 0 Å². The number of rotatable bonds is 5. The second-order valence-corrected chi connectivity index (χ2v) is 4.98. The van der Waals surface area contributed by atoms with Crippen molar-refractivity contribution in [2.45, 2.75) is 26.6 Å². The van der Waals surface area contributed by atoms with Gasteiger partial charge in [0.2, 0.25) is 0 Å². The predicted octanol–water partition coefficient (Wildman–Crippen LogP) is 2.48. The van der Waals surface area contributed by atoms with Crippen LogP contribution in [0.25, 0.3) is 0 Å². The van der Waals surface area contributed by atoms with Crippen LogP contribution < -0.4 is 5.73 Å². The van der Waals surface area contributed by atoms with Gasteiger partial charge in [-0.1, -0.05) is 35.9 Å². The summed E-state index contributed by atoms with van der Waals surface area (Å²) in [7, 11) is 2.11. The van der Waals surface area contributed by atoms with Gasteiger partial charge in [-0.15, -0.1) is 0 Å². The van der Waals surface area contributed by atoms with Gasteiger partial charge in [-0.25, -0.2) is 0 Å². The quantitative estimate of drug-likeness (QED) is 0.892. The van der Waals surface area contributed by atoms with Gasteiger partial charge in [-0.3, -0.25) is 9.88 Å². The summed E-state index contributed by atoms with van der Waals surface area (Å²) in [6.45, 7) is 4.36. The summed E-state index contributed by atoms with van der Waals surface area (Å²) < 4.78 is 0. The molecule has 0 radical (unpaired) electrons. The molecule has 0 atom stereocenters. The molecule has 0 saturated heterocycles. The van der Waals surface area contributed by atoms with Crippen molar-refractivity contribution in [3.8, 4) is 0 Å². The Morgan fingerprint density at radius 1 is 1.00 bits per heavy atom. The molecule has 0 bridgehead atoms. The Hall–Kier alpha value is -1.71. The summed E-state index contributed by atoms with van der Waals surface area (Å²) in [5, 5.41) is 0. The number of nitrogens with zero attached hydrogens (tertiary/aromatic N) is 2. The summed E-state index contributed by atoms with van der Waals surface area (Å²) in [5.74, 6) is 0. The van der Waals surface area contributed by atoms with Crippen LogP contribution in [0, 0.1) is 6.92 Å². The predicted molar refractivity (Wildman–Crippen MR) is 78.5 cm³/mol. The molecule has 0 amide bonds. The largest absolute Gasteiger partial charge is 0.325 e. The first-order valence-electron chi connectivity index (χ1n) is 6.56. The van der Waals surface area contributed by atoms with Crippen LogP contribution in [0.15, 0.2) is 42.5 Å². The molecule has 0 aliphatic carbocycles. The van der Waals surface area contributed by atoms with Crippen molar-refractivity contribution in [2.75, 3.05) is 7.05 Å². The number of nitrogens with two attached hydrogens (primary N) is 1. The van der Waals surface area contributed by atoms with Crippen LogP contribution in [0.2, 0.25) is 0 Å². The molecule has 1 heterocycles. The van der Waals surface area contributed by atoms with Crippen LogP contribution >= 0.6 is 0 Å². The molecule has 0 aliphatic heterocycles. The first-order chi connectivity index (χ1) is 9.17. The molecule has 1 aromatic heterocycles. The van der Waals surface area contributed by atoms with E-state index >= 15 is 0 Å². The SMILES string of the molecule is Cc1ccc(CN(C)Cc2cccc(CN)n2)cc1. The Labute approximate surface area is 115 Å². The highest BCUT2D eigenvalue weighted by atomic mass is 15.1. The van der Waals surface area contributed by atoms with E-state index in [1.807, 2.05) is 18.2 Å². The Balaban J connectivity index is 1.96.